The molecule has 0 radical (unpaired) electrons. The van der Waals surface area contributed by atoms with E-state index in [4.69, 9.17) is 5.73 Å². The van der Waals surface area contributed by atoms with Gasteiger partial charge in [0.15, 0.2) is 5.96 Å². The van der Waals surface area contributed by atoms with Gasteiger partial charge < -0.3 is 15.5 Å². The lowest BCUT2D eigenvalue weighted by atomic mass is 10.2. The summed E-state index contributed by atoms with van der Waals surface area (Å²) in [6.45, 7) is 3.81. The summed E-state index contributed by atoms with van der Waals surface area (Å²) >= 11 is 0. The molecule has 0 saturated carbocycles. The monoisotopic (exact) mass is 506 g/mol. The van der Waals surface area contributed by atoms with Crippen LogP contribution in [0.5, 0.6) is 0 Å². The van der Waals surface area contributed by atoms with Crippen LogP contribution in [0.2, 0.25) is 0 Å². The van der Waals surface area contributed by atoms with Crippen LogP contribution in [0.25, 0.3) is 5.69 Å². The van der Waals surface area contributed by atoms with Gasteiger partial charge in [0.2, 0.25) is 0 Å². The maximum absolute atomic E-state index is 13.1. The lowest BCUT2D eigenvalue weighted by Crippen LogP contribution is -2.51. The number of anilines is 1. The molecule has 1 aromatic heterocycles. The van der Waals surface area contributed by atoms with Crippen molar-refractivity contribution >= 4 is 35.6 Å². The summed E-state index contributed by atoms with van der Waals surface area (Å²) in [6.07, 6.45) is 3.67. The fourth-order valence-electron chi connectivity index (χ4n) is 3.29. The SMILES string of the molecule is I.NC(=NCc1ccc(-n2cccn2)cc1)N1CCN(c2ccc(F)cc2)CC1. The van der Waals surface area contributed by atoms with Crippen LogP contribution in [0.1, 0.15) is 5.56 Å². The molecule has 0 spiro atoms. The van der Waals surface area contributed by atoms with E-state index in [2.05, 4.69) is 19.9 Å². The molecule has 8 heteroatoms. The van der Waals surface area contributed by atoms with Gasteiger partial charge in [-0.15, -0.1) is 24.0 Å². The number of nitrogens with two attached hydrogens (primary N) is 1. The molecule has 6 nitrogen and oxygen atoms in total. The second kappa shape index (κ2) is 9.73. The van der Waals surface area contributed by atoms with Crippen LogP contribution in [-0.4, -0.2) is 46.8 Å². The van der Waals surface area contributed by atoms with Gasteiger partial charge in [-0.25, -0.2) is 14.1 Å². The Labute approximate surface area is 186 Å². The number of guanidine groups is 1. The Kier molecular flexibility index (Phi) is 7.08. The van der Waals surface area contributed by atoms with Crippen LogP contribution in [0.4, 0.5) is 10.1 Å². The number of benzene rings is 2. The van der Waals surface area contributed by atoms with E-state index in [0.717, 1.165) is 43.1 Å². The zero-order valence-corrected chi connectivity index (χ0v) is 18.3. The number of aliphatic imine (C=N–C) groups is 1. The lowest BCUT2D eigenvalue weighted by Gasteiger charge is -2.36. The minimum absolute atomic E-state index is 0. The van der Waals surface area contributed by atoms with Gasteiger partial charge in [0.1, 0.15) is 5.82 Å². The zero-order chi connectivity index (χ0) is 19.3. The molecule has 0 atom stereocenters. The number of hydrogen-bond acceptors (Lipinski definition) is 3. The van der Waals surface area contributed by atoms with Crippen molar-refractivity contribution in [2.24, 2.45) is 10.7 Å². The van der Waals surface area contributed by atoms with Crippen molar-refractivity contribution in [2.45, 2.75) is 6.54 Å². The number of halogens is 2. The number of aromatic nitrogens is 2. The number of hydrogen-bond donors (Lipinski definition) is 1. The second-order valence-electron chi connectivity index (χ2n) is 6.74. The minimum Gasteiger partial charge on any atom is -0.370 e. The summed E-state index contributed by atoms with van der Waals surface area (Å²) < 4.78 is 14.9. The number of nitrogens with zero attached hydrogens (tertiary/aromatic N) is 5. The van der Waals surface area contributed by atoms with Crippen molar-refractivity contribution in [1.82, 2.24) is 14.7 Å². The first-order chi connectivity index (χ1) is 13.7. The Hall–Kier alpha value is -2.62. The Morgan fingerprint density at radius 1 is 0.966 bits per heavy atom. The predicted molar refractivity (Wildman–Crippen MR) is 124 cm³/mol. The molecule has 2 N–H and O–H groups in total. The zero-order valence-electron chi connectivity index (χ0n) is 16.0. The third-order valence-electron chi connectivity index (χ3n) is 4.92. The molecule has 3 aromatic rings. The maximum atomic E-state index is 13.1. The number of rotatable bonds is 4. The Morgan fingerprint density at radius 2 is 1.62 bits per heavy atom. The van der Waals surface area contributed by atoms with E-state index in [1.54, 1.807) is 6.20 Å². The molecule has 4 rings (SSSR count). The van der Waals surface area contributed by atoms with Crippen molar-refractivity contribution in [3.63, 3.8) is 0 Å². The highest BCUT2D eigenvalue weighted by atomic mass is 127. The molecule has 0 aliphatic carbocycles. The summed E-state index contributed by atoms with van der Waals surface area (Å²) in [5, 5.41) is 4.22. The van der Waals surface area contributed by atoms with Gasteiger partial charge >= 0.3 is 0 Å². The molecule has 2 heterocycles. The largest absolute Gasteiger partial charge is 0.370 e. The predicted octanol–water partition coefficient (Wildman–Crippen LogP) is 3.27. The Balaban J connectivity index is 0.00000240. The molecule has 1 fully saturated rings. The van der Waals surface area contributed by atoms with Crippen molar-refractivity contribution in [1.29, 1.82) is 0 Å². The first kappa shape index (κ1) is 21.1. The molecule has 1 saturated heterocycles. The van der Waals surface area contributed by atoms with Crippen LogP contribution in [0.3, 0.4) is 0 Å². The van der Waals surface area contributed by atoms with Gasteiger partial charge in [-0.3, -0.25) is 0 Å². The van der Waals surface area contributed by atoms with E-state index in [-0.39, 0.29) is 29.8 Å². The molecular weight excluding hydrogens is 482 g/mol. The summed E-state index contributed by atoms with van der Waals surface area (Å²) in [7, 11) is 0. The van der Waals surface area contributed by atoms with Gasteiger partial charge in [-0.1, -0.05) is 12.1 Å². The normalized spacial score (nSPS) is 14.6. The van der Waals surface area contributed by atoms with Gasteiger partial charge in [0, 0.05) is 44.3 Å². The lowest BCUT2D eigenvalue weighted by molar-refractivity contribution is 0.380. The van der Waals surface area contributed by atoms with Crippen LogP contribution in [-0.2, 0) is 6.54 Å². The van der Waals surface area contributed by atoms with E-state index in [1.807, 2.05) is 53.3 Å². The smallest absolute Gasteiger partial charge is 0.191 e. The third-order valence-corrected chi connectivity index (χ3v) is 4.92. The average Bonchev–Trinajstić information content (AvgIpc) is 3.28. The quantitative estimate of drug-likeness (QED) is 0.335. The molecule has 0 bridgehead atoms. The summed E-state index contributed by atoms with van der Waals surface area (Å²) in [5.74, 6) is 0.353. The topological polar surface area (TPSA) is 62.7 Å². The highest BCUT2D eigenvalue weighted by Gasteiger charge is 2.18. The Morgan fingerprint density at radius 3 is 2.24 bits per heavy atom. The molecule has 2 aromatic carbocycles. The summed E-state index contributed by atoms with van der Waals surface area (Å²) in [5.41, 5.74) is 9.35. The second-order valence-corrected chi connectivity index (χ2v) is 6.74. The van der Waals surface area contributed by atoms with Crippen LogP contribution >= 0.6 is 24.0 Å². The molecular formula is C21H24FIN6. The highest BCUT2D eigenvalue weighted by Crippen LogP contribution is 2.17. The maximum Gasteiger partial charge on any atom is 0.191 e. The van der Waals surface area contributed by atoms with Crippen LogP contribution in [0, 0.1) is 5.82 Å². The van der Waals surface area contributed by atoms with E-state index in [1.165, 1.54) is 12.1 Å². The fourth-order valence-corrected chi connectivity index (χ4v) is 3.29. The van der Waals surface area contributed by atoms with Crippen molar-refractivity contribution in [2.75, 3.05) is 31.1 Å². The van der Waals surface area contributed by atoms with E-state index < -0.39 is 0 Å². The van der Waals surface area contributed by atoms with Crippen molar-refractivity contribution in [3.8, 4) is 5.69 Å². The van der Waals surface area contributed by atoms with Crippen LogP contribution in [0.15, 0.2) is 72.0 Å². The molecule has 29 heavy (non-hydrogen) atoms. The summed E-state index contributed by atoms with van der Waals surface area (Å²) in [4.78, 5) is 8.88. The van der Waals surface area contributed by atoms with Crippen molar-refractivity contribution < 1.29 is 4.39 Å². The van der Waals surface area contributed by atoms with Gasteiger partial charge in [0.05, 0.1) is 12.2 Å². The van der Waals surface area contributed by atoms with E-state index in [0.29, 0.717) is 12.5 Å². The molecule has 0 amide bonds. The van der Waals surface area contributed by atoms with E-state index in [9.17, 15) is 4.39 Å². The van der Waals surface area contributed by atoms with Gasteiger partial charge in [-0.2, -0.15) is 5.10 Å². The first-order valence-electron chi connectivity index (χ1n) is 9.33. The molecule has 152 valence electrons. The van der Waals surface area contributed by atoms with Crippen molar-refractivity contribution in [3.05, 3.63) is 78.4 Å². The number of piperazine rings is 1. The van der Waals surface area contributed by atoms with Crippen LogP contribution < -0.4 is 10.6 Å². The Bertz CT molecular complexity index is 917. The first-order valence-corrected chi connectivity index (χ1v) is 9.33. The van der Waals surface area contributed by atoms with Gasteiger partial charge in [-0.05, 0) is 48.0 Å². The molecule has 1 aliphatic rings. The third kappa shape index (κ3) is 5.26. The van der Waals surface area contributed by atoms with E-state index >= 15 is 0 Å². The van der Waals surface area contributed by atoms with Gasteiger partial charge in [0.25, 0.3) is 0 Å². The minimum atomic E-state index is -0.212. The highest BCUT2D eigenvalue weighted by molar-refractivity contribution is 14.0. The molecule has 0 unspecified atom stereocenters. The standard InChI is InChI=1S/C21H23FN6.HI/c22-18-4-8-19(9-5-18)26-12-14-27(15-13-26)21(23)24-16-17-2-6-20(7-3-17)28-11-1-10-25-28;/h1-11H,12-16H2,(H2,23,24);1H. The molecule has 1 aliphatic heterocycles. The fraction of sp³-hybridized carbons (Fsp3) is 0.238. The summed E-state index contributed by atoms with van der Waals surface area (Å²) in [6, 6.07) is 16.6. The average molecular weight is 506 g/mol.